The van der Waals surface area contributed by atoms with Crippen LogP contribution in [0.3, 0.4) is 0 Å². The number of carbonyl (C=O) groups excluding carboxylic acids is 1. The first-order chi connectivity index (χ1) is 11.6. The zero-order chi connectivity index (χ0) is 16.9. The van der Waals surface area contributed by atoms with Gasteiger partial charge >= 0.3 is 0 Å². The fourth-order valence-corrected chi connectivity index (χ4v) is 3.46. The summed E-state index contributed by atoms with van der Waals surface area (Å²) in [5, 5.41) is 4.04. The molecule has 24 heavy (non-hydrogen) atoms. The van der Waals surface area contributed by atoms with Gasteiger partial charge in [0.05, 0.1) is 17.6 Å². The highest BCUT2D eigenvalue weighted by molar-refractivity contribution is 7.17. The molecule has 0 atom stereocenters. The Morgan fingerprint density at radius 3 is 2.58 bits per heavy atom. The number of benzene rings is 1. The van der Waals surface area contributed by atoms with E-state index in [9.17, 15) is 4.79 Å². The summed E-state index contributed by atoms with van der Waals surface area (Å²) in [6, 6.07) is 8.31. The van der Waals surface area contributed by atoms with Gasteiger partial charge < -0.3 is 10.2 Å². The number of rotatable bonds is 6. The molecule has 1 aromatic carbocycles. The quantitative estimate of drug-likeness (QED) is 0.817. The van der Waals surface area contributed by atoms with Crippen LogP contribution in [-0.4, -0.2) is 60.3 Å². The van der Waals surface area contributed by atoms with Gasteiger partial charge in [-0.15, -0.1) is 0 Å². The highest BCUT2D eigenvalue weighted by atomic mass is 32.1. The molecule has 0 radical (unpaired) electrons. The molecule has 5 nitrogen and oxygen atoms in total. The topological polar surface area (TPSA) is 48.5 Å². The van der Waals surface area contributed by atoms with Crippen LogP contribution in [0.5, 0.6) is 0 Å². The number of piperazine rings is 1. The second kappa shape index (κ2) is 7.88. The summed E-state index contributed by atoms with van der Waals surface area (Å²) in [5.41, 5.74) is 2.31. The van der Waals surface area contributed by atoms with Crippen LogP contribution in [0.1, 0.15) is 22.2 Å². The number of Topliss-reactive ketones (excluding diaryl/α,β-unsaturated/α-hetero) is 1. The Morgan fingerprint density at radius 2 is 1.92 bits per heavy atom. The number of anilines is 2. The molecular formula is C18H24N4OS. The first-order valence-electron chi connectivity index (χ1n) is 8.40. The van der Waals surface area contributed by atoms with Crippen LogP contribution in [0.15, 0.2) is 30.5 Å². The molecule has 1 aliphatic rings. The van der Waals surface area contributed by atoms with Crippen molar-refractivity contribution in [2.45, 2.75) is 13.3 Å². The van der Waals surface area contributed by atoms with Crippen LogP contribution in [0.4, 0.5) is 10.8 Å². The van der Waals surface area contributed by atoms with E-state index in [1.807, 2.05) is 12.1 Å². The van der Waals surface area contributed by atoms with Crippen LogP contribution in [0, 0.1) is 0 Å². The Balaban J connectivity index is 1.57. The predicted molar refractivity (Wildman–Crippen MR) is 99.5 cm³/mol. The van der Waals surface area contributed by atoms with Crippen LogP contribution in [0.25, 0.3) is 0 Å². The smallest absolute Gasteiger partial charge is 0.188 e. The number of thiazole rings is 1. The van der Waals surface area contributed by atoms with Crippen LogP contribution >= 0.6 is 11.3 Å². The second-order valence-electron chi connectivity index (χ2n) is 6.21. The maximum atomic E-state index is 12.4. The largest absolute Gasteiger partial charge is 0.332 e. The molecule has 0 aliphatic carbocycles. The van der Waals surface area contributed by atoms with Gasteiger partial charge in [0, 0.05) is 31.9 Å². The zero-order valence-electron chi connectivity index (χ0n) is 14.3. The van der Waals surface area contributed by atoms with Gasteiger partial charge in [0.15, 0.2) is 10.9 Å². The third kappa shape index (κ3) is 4.41. The molecular weight excluding hydrogens is 320 g/mol. The van der Waals surface area contributed by atoms with Gasteiger partial charge in [0.1, 0.15) is 0 Å². The fourth-order valence-electron chi connectivity index (χ4n) is 2.70. The molecule has 2 heterocycles. The Hall–Kier alpha value is -1.76. The van der Waals surface area contributed by atoms with Gasteiger partial charge in [-0.1, -0.05) is 30.4 Å². The molecule has 1 N–H and O–H groups in total. The van der Waals surface area contributed by atoms with E-state index >= 15 is 0 Å². The van der Waals surface area contributed by atoms with Crippen molar-refractivity contribution < 1.29 is 4.79 Å². The lowest BCUT2D eigenvalue weighted by molar-refractivity contribution is 0.0880. The number of aryl methyl sites for hydroxylation is 1. The average molecular weight is 344 g/mol. The number of carbonyl (C=O) groups is 1. The van der Waals surface area contributed by atoms with E-state index in [0.717, 1.165) is 48.3 Å². The maximum absolute atomic E-state index is 12.4. The van der Waals surface area contributed by atoms with E-state index in [-0.39, 0.29) is 5.78 Å². The number of ketones is 1. The molecule has 3 rings (SSSR count). The van der Waals surface area contributed by atoms with Gasteiger partial charge in [0.25, 0.3) is 0 Å². The van der Waals surface area contributed by atoms with E-state index in [2.05, 4.69) is 46.2 Å². The number of hydrogen-bond acceptors (Lipinski definition) is 6. The summed E-state index contributed by atoms with van der Waals surface area (Å²) in [4.78, 5) is 22.0. The van der Waals surface area contributed by atoms with Gasteiger partial charge in [-0.05, 0) is 31.2 Å². The third-order valence-electron chi connectivity index (χ3n) is 4.36. The summed E-state index contributed by atoms with van der Waals surface area (Å²) in [7, 11) is 2.12. The monoisotopic (exact) mass is 344 g/mol. The summed E-state index contributed by atoms with van der Waals surface area (Å²) >= 11 is 1.43. The second-order valence-corrected chi connectivity index (χ2v) is 7.24. The summed E-state index contributed by atoms with van der Waals surface area (Å²) in [5.74, 6) is 0.159. The fraction of sp³-hybridized carbons (Fsp3) is 0.444. The average Bonchev–Trinajstić information content (AvgIpc) is 3.06. The lowest BCUT2D eigenvalue weighted by Crippen LogP contribution is -2.46. The lowest BCUT2D eigenvalue weighted by atomic mass is 10.1. The Labute approximate surface area is 147 Å². The number of nitrogens with one attached hydrogen (secondary N) is 1. The van der Waals surface area contributed by atoms with E-state index in [1.165, 1.54) is 16.9 Å². The van der Waals surface area contributed by atoms with Crippen molar-refractivity contribution >= 4 is 27.9 Å². The Morgan fingerprint density at radius 1 is 1.21 bits per heavy atom. The SMILES string of the molecule is CCc1ccc(Nc2ncc(C(=O)CN3CCN(C)CC3)s2)cc1. The van der Waals surface area contributed by atoms with Crippen molar-refractivity contribution in [3.8, 4) is 0 Å². The number of likely N-dealkylation sites (N-methyl/N-ethyl adjacent to an activating group) is 1. The summed E-state index contributed by atoms with van der Waals surface area (Å²) in [6.45, 7) is 6.58. The van der Waals surface area contributed by atoms with E-state index in [4.69, 9.17) is 0 Å². The van der Waals surface area contributed by atoms with Crippen molar-refractivity contribution in [2.75, 3.05) is 45.1 Å². The van der Waals surface area contributed by atoms with Crippen molar-refractivity contribution in [1.82, 2.24) is 14.8 Å². The summed E-state index contributed by atoms with van der Waals surface area (Å²) < 4.78 is 0. The zero-order valence-corrected chi connectivity index (χ0v) is 15.1. The lowest BCUT2D eigenvalue weighted by Gasteiger charge is -2.31. The highest BCUT2D eigenvalue weighted by Gasteiger charge is 2.19. The molecule has 6 heteroatoms. The van der Waals surface area contributed by atoms with Crippen LogP contribution < -0.4 is 5.32 Å². The molecule has 0 spiro atoms. The standard InChI is InChI=1S/C18H24N4OS/c1-3-14-4-6-15(7-5-14)20-18-19-12-17(24-18)16(23)13-22-10-8-21(2)9-11-22/h4-7,12H,3,8-11,13H2,1-2H3,(H,19,20). The molecule has 1 saturated heterocycles. The Bertz CT molecular complexity index is 675. The van der Waals surface area contributed by atoms with Gasteiger partial charge in [-0.2, -0.15) is 0 Å². The van der Waals surface area contributed by atoms with Crippen LogP contribution in [-0.2, 0) is 6.42 Å². The normalized spacial score (nSPS) is 16.2. The predicted octanol–water partition coefficient (Wildman–Crippen LogP) is 2.88. The molecule has 2 aromatic rings. The molecule has 0 bridgehead atoms. The number of hydrogen-bond donors (Lipinski definition) is 1. The van der Waals surface area contributed by atoms with E-state index < -0.39 is 0 Å². The molecule has 1 aliphatic heterocycles. The maximum Gasteiger partial charge on any atom is 0.188 e. The minimum absolute atomic E-state index is 0.159. The van der Waals surface area contributed by atoms with Crippen molar-refractivity contribution in [3.63, 3.8) is 0 Å². The summed E-state index contributed by atoms with van der Waals surface area (Å²) in [6.07, 6.45) is 2.72. The van der Waals surface area contributed by atoms with Gasteiger partial charge in [-0.25, -0.2) is 4.98 Å². The first-order valence-corrected chi connectivity index (χ1v) is 9.21. The van der Waals surface area contributed by atoms with Crippen molar-refractivity contribution in [3.05, 3.63) is 40.9 Å². The molecule has 1 fully saturated rings. The van der Waals surface area contributed by atoms with E-state index in [1.54, 1.807) is 6.20 Å². The number of nitrogens with zero attached hydrogens (tertiary/aromatic N) is 3. The minimum Gasteiger partial charge on any atom is -0.332 e. The Kier molecular flexibility index (Phi) is 5.60. The van der Waals surface area contributed by atoms with E-state index in [0.29, 0.717) is 6.54 Å². The van der Waals surface area contributed by atoms with Crippen molar-refractivity contribution in [2.24, 2.45) is 0 Å². The molecule has 0 unspecified atom stereocenters. The molecule has 0 amide bonds. The highest BCUT2D eigenvalue weighted by Crippen LogP contribution is 2.23. The van der Waals surface area contributed by atoms with Gasteiger partial charge in [-0.3, -0.25) is 9.69 Å². The third-order valence-corrected chi connectivity index (χ3v) is 5.31. The molecule has 128 valence electrons. The minimum atomic E-state index is 0.159. The first kappa shape index (κ1) is 17.1. The molecule has 1 aromatic heterocycles. The van der Waals surface area contributed by atoms with Crippen molar-refractivity contribution in [1.29, 1.82) is 0 Å². The van der Waals surface area contributed by atoms with Crippen LogP contribution in [0.2, 0.25) is 0 Å². The molecule has 0 saturated carbocycles. The van der Waals surface area contributed by atoms with Gasteiger partial charge in [0.2, 0.25) is 0 Å². The number of aromatic nitrogens is 1.